The van der Waals surface area contributed by atoms with Crippen LogP contribution in [0.1, 0.15) is 26.6 Å². The molecule has 0 aliphatic heterocycles. The van der Waals surface area contributed by atoms with E-state index in [1.54, 1.807) is 11.8 Å². The highest BCUT2D eigenvalue weighted by atomic mass is 32.2. The maximum absolute atomic E-state index is 9.70. The van der Waals surface area contributed by atoms with E-state index in [0.29, 0.717) is 18.3 Å². The van der Waals surface area contributed by atoms with Crippen LogP contribution in [0.25, 0.3) is 0 Å². The lowest BCUT2D eigenvalue weighted by molar-refractivity contribution is 0.192. The minimum Gasteiger partial charge on any atom is -0.391 e. The summed E-state index contributed by atoms with van der Waals surface area (Å²) in [7, 11) is 0. The Morgan fingerprint density at radius 1 is 1.50 bits per heavy atom. The van der Waals surface area contributed by atoms with Crippen molar-refractivity contribution in [2.24, 2.45) is 0 Å². The van der Waals surface area contributed by atoms with Crippen LogP contribution in [-0.4, -0.2) is 38.9 Å². The number of thioether (sulfide) groups is 1. The van der Waals surface area contributed by atoms with Crippen molar-refractivity contribution in [3.63, 3.8) is 0 Å². The molecule has 0 amide bonds. The fourth-order valence-corrected chi connectivity index (χ4v) is 2.69. The van der Waals surface area contributed by atoms with E-state index >= 15 is 0 Å². The second-order valence-electron chi connectivity index (χ2n) is 3.86. The van der Waals surface area contributed by atoms with Gasteiger partial charge in [-0.05, 0) is 11.5 Å². The van der Waals surface area contributed by atoms with E-state index in [0.717, 1.165) is 16.6 Å². The number of hydrogen-bond donors (Lipinski definition) is 2. The van der Waals surface area contributed by atoms with Gasteiger partial charge in [0, 0.05) is 24.8 Å². The summed E-state index contributed by atoms with van der Waals surface area (Å²) >= 11 is 2.98. The quantitative estimate of drug-likeness (QED) is 0.729. The van der Waals surface area contributed by atoms with Crippen molar-refractivity contribution in [1.82, 2.24) is 14.7 Å². The molecule has 4 nitrogen and oxygen atoms in total. The van der Waals surface area contributed by atoms with Gasteiger partial charge in [-0.1, -0.05) is 32.5 Å². The first-order valence-corrected chi connectivity index (χ1v) is 7.24. The highest BCUT2D eigenvalue weighted by Crippen LogP contribution is 2.20. The molecule has 0 spiro atoms. The second-order valence-corrected chi connectivity index (χ2v) is 5.88. The van der Waals surface area contributed by atoms with Gasteiger partial charge in [-0.25, -0.2) is 4.98 Å². The van der Waals surface area contributed by atoms with Gasteiger partial charge in [0.2, 0.25) is 0 Å². The monoisotopic (exact) mass is 261 g/mol. The van der Waals surface area contributed by atoms with Gasteiger partial charge >= 0.3 is 0 Å². The standard InChI is InChI=1S/C10H19N3OS2/c1-4-9-12-10(16-13-9)15-6-8(14)5-11-7(2)3/h7-8,11,14H,4-6H2,1-3H3. The third-order valence-electron chi connectivity index (χ3n) is 1.93. The van der Waals surface area contributed by atoms with Crippen molar-refractivity contribution in [1.29, 1.82) is 0 Å². The van der Waals surface area contributed by atoms with E-state index in [4.69, 9.17) is 0 Å². The van der Waals surface area contributed by atoms with E-state index in [-0.39, 0.29) is 6.10 Å². The molecule has 1 atom stereocenters. The van der Waals surface area contributed by atoms with E-state index in [2.05, 4.69) is 28.5 Å². The second kappa shape index (κ2) is 7.21. The highest BCUT2D eigenvalue weighted by molar-refractivity contribution is 8.00. The Labute approximate surface area is 105 Å². The first kappa shape index (κ1) is 13.9. The Morgan fingerprint density at radius 2 is 2.25 bits per heavy atom. The third kappa shape index (κ3) is 5.25. The molecule has 0 aromatic carbocycles. The van der Waals surface area contributed by atoms with Crippen LogP contribution in [-0.2, 0) is 6.42 Å². The molecule has 0 aliphatic carbocycles. The Bertz CT molecular complexity index is 304. The molecule has 16 heavy (non-hydrogen) atoms. The Morgan fingerprint density at radius 3 is 2.81 bits per heavy atom. The number of aryl methyl sites for hydroxylation is 1. The van der Waals surface area contributed by atoms with Gasteiger partial charge < -0.3 is 10.4 Å². The minimum atomic E-state index is -0.332. The SMILES string of the molecule is CCc1nsc(SCC(O)CNC(C)C)n1. The van der Waals surface area contributed by atoms with E-state index < -0.39 is 0 Å². The predicted molar refractivity (Wildman–Crippen MR) is 69.2 cm³/mol. The summed E-state index contributed by atoms with van der Waals surface area (Å²) in [5, 5.41) is 12.9. The molecular weight excluding hydrogens is 242 g/mol. The molecular formula is C10H19N3OS2. The molecule has 0 saturated heterocycles. The average Bonchev–Trinajstić information content (AvgIpc) is 2.71. The van der Waals surface area contributed by atoms with E-state index in [9.17, 15) is 5.11 Å². The molecule has 1 aromatic heterocycles. The highest BCUT2D eigenvalue weighted by Gasteiger charge is 2.08. The maximum Gasteiger partial charge on any atom is 0.170 e. The Kier molecular flexibility index (Phi) is 6.26. The van der Waals surface area contributed by atoms with Crippen LogP contribution in [0.4, 0.5) is 0 Å². The zero-order valence-corrected chi connectivity index (χ0v) is 11.6. The summed E-state index contributed by atoms with van der Waals surface area (Å²) in [6.07, 6.45) is 0.538. The molecule has 2 N–H and O–H groups in total. The van der Waals surface area contributed by atoms with Crippen LogP contribution in [0.2, 0.25) is 0 Å². The number of nitrogens with one attached hydrogen (secondary N) is 1. The Balaban J connectivity index is 2.23. The van der Waals surface area contributed by atoms with Crippen molar-refractivity contribution in [2.45, 2.75) is 43.7 Å². The molecule has 1 rings (SSSR count). The molecule has 1 unspecified atom stereocenters. The van der Waals surface area contributed by atoms with Gasteiger partial charge in [0.1, 0.15) is 5.82 Å². The summed E-state index contributed by atoms with van der Waals surface area (Å²) in [5.74, 6) is 1.56. The number of rotatable bonds is 7. The zero-order valence-electron chi connectivity index (χ0n) is 9.93. The largest absolute Gasteiger partial charge is 0.391 e. The first-order chi connectivity index (χ1) is 7.61. The lowest BCUT2D eigenvalue weighted by Gasteiger charge is -2.12. The molecule has 92 valence electrons. The molecule has 1 aromatic rings. The van der Waals surface area contributed by atoms with Crippen molar-refractivity contribution in [3.8, 4) is 0 Å². The van der Waals surface area contributed by atoms with E-state index in [1.807, 2.05) is 6.92 Å². The lowest BCUT2D eigenvalue weighted by Crippen LogP contribution is -2.33. The van der Waals surface area contributed by atoms with Gasteiger partial charge in [0.15, 0.2) is 4.34 Å². The topological polar surface area (TPSA) is 58.0 Å². The summed E-state index contributed by atoms with van der Waals surface area (Å²) in [5.41, 5.74) is 0. The zero-order chi connectivity index (χ0) is 12.0. The number of hydrogen-bond acceptors (Lipinski definition) is 6. The van der Waals surface area contributed by atoms with Crippen LogP contribution < -0.4 is 5.32 Å². The van der Waals surface area contributed by atoms with Gasteiger partial charge in [-0.15, -0.1) is 0 Å². The third-order valence-corrected chi connectivity index (χ3v) is 3.94. The summed E-state index contributed by atoms with van der Waals surface area (Å²) < 4.78 is 5.14. The normalized spacial score (nSPS) is 13.3. The van der Waals surface area contributed by atoms with Gasteiger partial charge in [-0.3, -0.25) is 0 Å². The molecule has 0 aliphatic rings. The molecule has 0 fully saturated rings. The van der Waals surface area contributed by atoms with Gasteiger partial charge in [0.25, 0.3) is 0 Å². The first-order valence-electron chi connectivity index (χ1n) is 5.48. The summed E-state index contributed by atoms with van der Waals surface area (Å²) in [4.78, 5) is 4.33. The van der Waals surface area contributed by atoms with Crippen LogP contribution >= 0.6 is 23.3 Å². The maximum atomic E-state index is 9.70. The summed E-state index contributed by atoms with van der Waals surface area (Å²) in [6.45, 7) is 6.80. The fourth-order valence-electron chi connectivity index (χ4n) is 1.04. The van der Waals surface area contributed by atoms with Crippen LogP contribution in [0.5, 0.6) is 0 Å². The smallest absolute Gasteiger partial charge is 0.170 e. The average molecular weight is 261 g/mol. The van der Waals surface area contributed by atoms with E-state index in [1.165, 1.54) is 11.5 Å². The fraction of sp³-hybridized carbons (Fsp3) is 0.800. The molecule has 0 saturated carbocycles. The molecule has 6 heteroatoms. The predicted octanol–water partition coefficient (Wildman–Crippen LogP) is 1.55. The van der Waals surface area contributed by atoms with Crippen molar-refractivity contribution in [2.75, 3.05) is 12.3 Å². The number of nitrogens with zero attached hydrogens (tertiary/aromatic N) is 2. The van der Waals surface area contributed by atoms with Gasteiger partial charge in [-0.2, -0.15) is 4.37 Å². The van der Waals surface area contributed by atoms with Crippen LogP contribution in [0.15, 0.2) is 4.34 Å². The lowest BCUT2D eigenvalue weighted by atomic mass is 10.3. The van der Waals surface area contributed by atoms with Crippen molar-refractivity contribution >= 4 is 23.3 Å². The van der Waals surface area contributed by atoms with Crippen molar-refractivity contribution < 1.29 is 5.11 Å². The minimum absolute atomic E-state index is 0.332. The van der Waals surface area contributed by atoms with Crippen LogP contribution in [0, 0.1) is 0 Å². The number of aromatic nitrogens is 2. The number of aliphatic hydroxyl groups is 1. The van der Waals surface area contributed by atoms with Crippen LogP contribution in [0.3, 0.4) is 0 Å². The van der Waals surface area contributed by atoms with Crippen molar-refractivity contribution in [3.05, 3.63) is 5.82 Å². The molecule has 0 bridgehead atoms. The summed E-state index contributed by atoms with van der Waals surface area (Å²) in [6, 6.07) is 0.410. The molecule has 1 heterocycles. The number of aliphatic hydroxyl groups excluding tert-OH is 1. The van der Waals surface area contributed by atoms with Gasteiger partial charge in [0.05, 0.1) is 6.10 Å². The molecule has 0 radical (unpaired) electrons. The Hall–Kier alpha value is -0.170.